The van der Waals surface area contributed by atoms with Crippen molar-refractivity contribution >= 4 is 51.5 Å². The molecule has 3 aromatic rings. The maximum atomic E-state index is 12.7. The van der Waals surface area contributed by atoms with Crippen LogP contribution in [0.15, 0.2) is 48.5 Å². The first-order valence-electron chi connectivity index (χ1n) is 10.5. The number of methoxy groups -OCH3 is 1. The van der Waals surface area contributed by atoms with Gasteiger partial charge in [-0.1, -0.05) is 35.1 Å². The second kappa shape index (κ2) is 10.6. The Hall–Kier alpha value is -3.50. The fraction of sp³-hybridized carbons (Fsp3) is 0.261. The number of hydrogen-bond acceptors (Lipinski definition) is 7. The van der Waals surface area contributed by atoms with Crippen molar-refractivity contribution in [3.63, 3.8) is 0 Å². The number of nitrogens with zero attached hydrogens (tertiary/aromatic N) is 3. The molecule has 2 heterocycles. The molecule has 9 nitrogen and oxygen atoms in total. The minimum absolute atomic E-state index is 0.113. The second-order valence-electron chi connectivity index (χ2n) is 7.58. The molecule has 1 unspecified atom stereocenters. The van der Waals surface area contributed by atoms with Crippen molar-refractivity contribution in [2.45, 2.75) is 12.8 Å². The Bertz CT molecular complexity index is 1200. The van der Waals surface area contributed by atoms with E-state index in [0.29, 0.717) is 39.4 Å². The van der Waals surface area contributed by atoms with E-state index >= 15 is 0 Å². The van der Waals surface area contributed by atoms with Crippen LogP contribution in [0.3, 0.4) is 0 Å². The lowest BCUT2D eigenvalue weighted by atomic mass is 10.1. The lowest BCUT2D eigenvalue weighted by Gasteiger charge is -2.16. The highest BCUT2D eigenvalue weighted by Gasteiger charge is 2.35. The second-order valence-corrected chi connectivity index (χ2v) is 9.05. The van der Waals surface area contributed by atoms with Gasteiger partial charge in [0.05, 0.1) is 23.6 Å². The van der Waals surface area contributed by atoms with Crippen molar-refractivity contribution in [3.8, 4) is 5.75 Å². The number of hydrogen-bond donors (Lipinski definition) is 2. The highest BCUT2D eigenvalue weighted by Crippen LogP contribution is 2.28. The molecular formula is C23H22ClN5O4S. The summed E-state index contributed by atoms with van der Waals surface area (Å²) >= 11 is 7.26. The lowest BCUT2D eigenvalue weighted by Crippen LogP contribution is -2.28. The predicted octanol–water partition coefficient (Wildman–Crippen LogP) is 3.16. The predicted molar refractivity (Wildman–Crippen MR) is 129 cm³/mol. The number of benzene rings is 2. The molecule has 176 valence electrons. The fourth-order valence-corrected chi connectivity index (χ4v) is 4.49. The minimum Gasteiger partial charge on any atom is -0.497 e. The first-order chi connectivity index (χ1) is 16.4. The van der Waals surface area contributed by atoms with E-state index in [2.05, 4.69) is 20.8 Å². The van der Waals surface area contributed by atoms with Gasteiger partial charge in [0.25, 0.3) is 5.91 Å². The number of anilines is 2. The molecule has 0 saturated carbocycles. The average molecular weight is 500 g/mol. The summed E-state index contributed by atoms with van der Waals surface area (Å²) < 4.78 is 5.14. The summed E-state index contributed by atoms with van der Waals surface area (Å²) in [5.41, 5.74) is 1.13. The first kappa shape index (κ1) is 23.7. The summed E-state index contributed by atoms with van der Waals surface area (Å²) in [5, 5.41) is 15.0. The van der Waals surface area contributed by atoms with Gasteiger partial charge in [0, 0.05) is 31.6 Å². The summed E-state index contributed by atoms with van der Waals surface area (Å²) in [7, 11) is 1.58. The smallest absolute Gasteiger partial charge is 0.252 e. The molecule has 4 rings (SSSR count). The number of amides is 3. The van der Waals surface area contributed by atoms with Gasteiger partial charge in [-0.2, -0.15) is 0 Å². The van der Waals surface area contributed by atoms with Crippen LogP contribution in [0.1, 0.15) is 21.8 Å². The van der Waals surface area contributed by atoms with E-state index in [0.717, 1.165) is 5.69 Å². The number of carbonyl (C=O) groups excluding carboxylic acids is 3. The SMILES string of the molecule is COc1ccc(N2CC(C(=O)Nc3nnc(CCNC(=O)c4ccccc4Cl)s3)CC2=O)cc1. The van der Waals surface area contributed by atoms with Crippen LogP contribution >= 0.6 is 22.9 Å². The van der Waals surface area contributed by atoms with E-state index < -0.39 is 5.92 Å². The molecule has 2 aromatic carbocycles. The van der Waals surface area contributed by atoms with Gasteiger partial charge >= 0.3 is 0 Å². The summed E-state index contributed by atoms with van der Waals surface area (Å²) in [6.07, 6.45) is 0.578. The van der Waals surface area contributed by atoms with Crippen molar-refractivity contribution in [2.24, 2.45) is 5.92 Å². The van der Waals surface area contributed by atoms with Crippen LogP contribution < -0.4 is 20.3 Å². The molecule has 0 bridgehead atoms. The van der Waals surface area contributed by atoms with E-state index in [1.807, 2.05) is 0 Å². The maximum absolute atomic E-state index is 12.7. The van der Waals surface area contributed by atoms with Crippen LogP contribution in [0.5, 0.6) is 5.75 Å². The van der Waals surface area contributed by atoms with Crippen molar-refractivity contribution in [3.05, 3.63) is 64.1 Å². The standard InChI is InChI=1S/C23H22ClN5O4S/c1-33-16-8-6-15(7-9-16)29-13-14(12-20(29)30)21(31)26-23-28-27-19(34-23)10-11-25-22(32)17-4-2-3-5-18(17)24/h2-9,14H,10-13H2,1H3,(H,25,32)(H,26,28,31). The fourth-order valence-electron chi connectivity index (χ4n) is 3.53. The molecule has 1 atom stereocenters. The molecule has 1 fully saturated rings. The Labute approximate surface area is 205 Å². The Morgan fingerprint density at radius 1 is 1.18 bits per heavy atom. The van der Waals surface area contributed by atoms with Crippen molar-refractivity contribution in [1.29, 1.82) is 0 Å². The number of nitrogens with one attached hydrogen (secondary N) is 2. The van der Waals surface area contributed by atoms with Crippen molar-refractivity contribution in [1.82, 2.24) is 15.5 Å². The molecule has 1 aliphatic heterocycles. The van der Waals surface area contributed by atoms with Crippen molar-refractivity contribution in [2.75, 3.05) is 30.4 Å². The van der Waals surface area contributed by atoms with Gasteiger partial charge in [0.15, 0.2) is 0 Å². The zero-order valence-corrected chi connectivity index (χ0v) is 19.9. The molecule has 2 N–H and O–H groups in total. The van der Waals surface area contributed by atoms with Crippen LogP contribution in [0, 0.1) is 5.92 Å². The molecule has 0 radical (unpaired) electrons. The third-order valence-corrected chi connectivity index (χ3v) is 6.55. The maximum Gasteiger partial charge on any atom is 0.252 e. The third-order valence-electron chi connectivity index (χ3n) is 5.32. The zero-order valence-electron chi connectivity index (χ0n) is 18.3. The highest BCUT2D eigenvalue weighted by molar-refractivity contribution is 7.15. The molecule has 0 spiro atoms. The van der Waals surface area contributed by atoms with Crippen LogP contribution in [0.4, 0.5) is 10.8 Å². The molecule has 11 heteroatoms. The number of halogens is 1. The average Bonchev–Trinajstić information content (AvgIpc) is 3.45. The molecule has 3 amide bonds. The molecule has 1 aliphatic rings. The van der Waals surface area contributed by atoms with E-state index in [1.54, 1.807) is 60.5 Å². The van der Waals surface area contributed by atoms with E-state index in [1.165, 1.54) is 11.3 Å². The normalized spacial score (nSPS) is 15.3. The zero-order chi connectivity index (χ0) is 24.1. The molecule has 1 saturated heterocycles. The van der Waals surface area contributed by atoms with Gasteiger partial charge in [-0.15, -0.1) is 10.2 Å². The largest absolute Gasteiger partial charge is 0.497 e. The summed E-state index contributed by atoms with van der Waals surface area (Å²) in [6.45, 7) is 0.636. The van der Waals surface area contributed by atoms with E-state index in [9.17, 15) is 14.4 Å². The van der Waals surface area contributed by atoms with Gasteiger partial charge in [-0.05, 0) is 36.4 Å². The van der Waals surface area contributed by atoms with Crippen molar-refractivity contribution < 1.29 is 19.1 Å². The van der Waals surface area contributed by atoms with Gasteiger partial charge < -0.3 is 20.3 Å². The first-order valence-corrected chi connectivity index (χ1v) is 11.7. The van der Waals surface area contributed by atoms with E-state index in [-0.39, 0.29) is 30.7 Å². The van der Waals surface area contributed by atoms with Gasteiger partial charge in [0.1, 0.15) is 10.8 Å². The topological polar surface area (TPSA) is 114 Å². The molecule has 1 aromatic heterocycles. The lowest BCUT2D eigenvalue weighted by molar-refractivity contribution is -0.122. The summed E-state index contributed by atoms with van der Waals surface area (Å²) in [4.78, 5) is 39.0. The molecule has 34 heavy (non-hydrogen) atoms. The van der Waals surface area contributed by atoms with Crippen LogP contribution in [0.25, 0.3) is 0 Å². The third kappa shape index (κ3) is 5.52. The summed E-state index contributed by atoms with van der Waals surface area (Å²) in [5.74, 6) is -0.454. The quantitative estimate of drug-likeness (QED) is 0.492. The Balaban J connectivity index is 1.27. The minimum atomic E-state index is -0.489. The number of ether oxygens (including phenoxy) is 1. The highest BCUT2D eigenvalue weighted by atomic mass is 35.5. The van der Waals surface area contributed by atoms with Gasteiger partial charge in [-0.25, -0.2) is 0 Å². The Morgan fingerprint density at radius 3 is 2.68 bits per heavy atom. The molecular weight excluding hydrogens is 478 g/mol. The monoisotopic (exact) mass is 499 g/mol. The van der Waals surface area contributed by atoms with Gasteiger partial charge in [-0.3, -0.25) is 14.4 Å². The number of carbonyl (C=O) groups is 3. The van der Waals surface area contributed by atoms with E-state index in [4.69, 9.17) is 16.3 Å². The van der Waals surface area contributed by atoms with Crippen LogP contribution in [0.2, 0.25) is 5.02 Å². The molecule has 0 aliphatic carbocycles. The van der Waals surface area contributed by atoms with Crippen LogP contribution in [-0.4, -0.2) is 48.1 Å². The summed E-state index contributed by atoms with van der Waals surface area (Å²) in [6, 6.07) is 13.9. The number of rotatable bonds is 8. The Kier molecular flexibility index (Phi) is 7.39. The Morgan fingerprint density at radius 2 is 1.94 bits per heavy atom. The van der Waals surface area contributed by atoms with Crippen LogP contribution in [-0.2, 0) is 16.0 Å². The number of aromatic nitrogens is 2. The van der Waals surface area contributed by atoms with Gasteiger partial charge in [0.2, 0.25) is 16.9 Å².